The van der Waals surface area contributed by atoms with Crippen molar-refractivity contribution < 1.29 is 18.0 Å². The molecule has 98 valence electrons. The zero-order chi connectivity index (χ0) is 13.6. The van der Waals surface area contributed by atoms with Crippen LogP contribution in [0.4, 0.5) is 0 Å². The third-order valence-electron chi connectivity index (χ3n) is 2.05. The van der Waals surface area contributed by atoms with Gasteiger partial charge in [0.05, 0.1) is 13.2 Å². The molecule has 0 amide bonds. The Bertz CT molecular complexity index is 502. The topological polar surface area (TPSA) is 72.5 Å². The van der Waals surface area contributed by atoms with Crippen molar-refractivity contribution in [2.24, 2.45) is 0 Å². The summed E-state index contributed by atoms with van der Waals surface area (Å²) in [6, 6.07) is 5.30. The predicted molar refractivity (Wildman–Crippen MR) is 67.9 cm³/mol. The van der Waals surface area contributed by atoms with E-state index in [0.717, 1.165) is 0 Å². The largest absolute Gasteiger partial charge is 0.462 e. The lowest BCUT2D eigenvalue weighted by Crippen LogP contribution is -1.97. The van der Waals surface area contributed by atoms with Crippen LogP contribution in [0, 0.1) is 18.3 Å². The fourth-order valence-corrected chi connectivity index (χ4v) is 2.79. The van der Waals surface area contributed by atoms with E-state index in [1.807, 2.05) is 6.07 Å². The maximum atomic E-state index is 12.4. The number of hydrogen-bond acceptors (Lipinski definition) is 5. The van der Waals surface area contributed by atoms with E-state index in [4.69, 9.17) is 18.7 Å². The first-order valence-corrected chi connectivity index (χ1v) is 7.18. The van der Waals surface area contributed by atoms with Gasteiger partial charge in [-0.05, 0) is 32.9 Å². The molecule has 1 aromatic heterocycles. The third-order valence-corrected chi connectivity index (χ3v) is 4.06. The fraction of sp³-hybridized carbons (Fsp3) is 0.417. The molecule has 0 aliphatic heterocycles. The number of hydrogen-bond donors (Lipinski definition) is 0. The standard InChI is InChI=1S/C12H16NO4P/c1-4-15-18(14,16-5-2)12(9-13)8-11-7-6-10(3)17-11/h6-8H,4-5H2,1-3H3/b12-8-. The van der Waals surface area contributed by atoms with Crippen molar-refractivity contribution in [1.29, 1.82) is 5.26 Å². The van der Waals surface area contributed by atoms with Crippen LogP contribution >= 0.6 is 7.60 Å². The first-order chi connectivity index (χ1) is 8.55. The molecule has 0 unspecified atom stereocenters. The van der Waals surface area contributed by atoms with Gasteiger partial charge in [0.2, 0.25) is 0 Å². The molecule has 0 atom stereocenters. The zero-order valence-electron chi connectivity index (χ0n) is 10.7. The Hall–Kier alpha value is -1.34. The number of aryl methyl sites for hydroxylation is 1. The highest BCUT2D eigenvalue weighted by atomic mass is 31.2. The monoisotopic (exact) mass is 269 g/mol. The lowest BCUT2D eigenvalue weighted by Gasteiger charge is -2.15. The van der Waals surface area contributed by atoms with E-state index >= 15 is 0 Å². The normalized spacial score (nSPS) is 12.4. The molecule has 0 saturated heterocycles. The fourth-order valence-electron chi connectivity index (χ4n) is 1.35. The highest BCUT2D eigenvalue weighted by Crippen LogP contribution is 2.56. The molecule has 0 bridgehead atoms. The van der Waals surface area contributed by atoms with E-state index in [-0.39, 0.29) is 18.5 Å². The summed E-state index contributed by atoms with van der Waals surface area (Å²) in [5.74, 6) is 1.16. The highest BCUT2D eigenvalue weighted by Gasteiger charge is 2.30. The minimum absolute atomic E-state index is 0.0550. The summed E-state index contributed by atoms with van der Waals surface area (Å²) in [5, 5.41) is 9.04. The second kappa shape index (κ2) is 6.55. The van der Waals surface area contributed by atoms with Crippen molar-refractivity contribution in [3.05, 3.63) is 29.0 Å². The Morgan fingerprint density at radius 2 is 2.06 bits per heavy atom. The summed E-state index contributed by atoms with van der Waals surface area (Å²) in [4.78, 5) is 0. The lowest BCUT2D eigenvalue weighted by molar-refractivity contribution is 0.227. The molecule has 1 heterocycles. The van der Waals surface area contributed by atoms with Crippen LogP contribution in [0.15, 0.2) is 21.9 Å². The molecule has 0 aliphatic carbocycles. The van der Waals surface area contributed by atoms with Crippen LogP contribution in [0.1, 0.15) is 25.4 Å². The molecule has 6 heteroatoms. The maximum Gasteiger partial charge on any atom is 0.371 e. The summed E-state index contributed by atoms with van der Waals surface area (Å²) in [5.41, 5.74) is 0. The molecule has 0 radical (unpaired) electrons. The number of rotatable bonds is 6. The molecular formula is C12H16NO4P. The molecule has 18 heavy (non-hydrogen) atoms. The van der Waals surface area contributed by atoms with Gasteiger partial charge in [-0.25, -0.2) is 0 Å². The molecule has 5 nitrogen and oxygen atoms in total. The molecular weight excluding hydrogens is 253 g/mol. The number of furan rings is 1. The molecule has 0 saturated carbocycles. The average Bonchev–Trinajstić information content (AvgIpc) is 2.72. The van der Waals surface area contributed by atoms with Gasteiger partial charge in [-0.2, -0.15) is 5.26 Å². The van der Waals surface area contributed by atoms with Crippen molar-refractivity contribution >= 4 is 13.7 Å². The van der Waals surface area contributed by atoms with Crippen molar-refractivity contribution in [3.8, 4) is 6.07 Å². The van der Waals surface area contributed by atoms with Crippen molar-refractivity contribution in [3.63, 3.8) is 0 Å². The Kier molecular flexibility index (Phi) is 5.36. The van der Waals surface area contributed by atoms with Crippen molar-refractivity contribution in [2.75, 3.05) is 13.2 Å². The van der Waals surface area contributed by atoms with E-state index < -0.39 is 7.60 Å². The molecule has 0 aromatic carbocycles. The van der Waals surface area contributed by atoms with E-state index in [2.05, 4.69) is 0 Å². The van der Waals surface area contributed by atoms with Crippen molar-refractivity contribution in [2.45, 2.75) is 20.8 Å². The van der Waals surface area contributed by atoms with Gasteiger partial charge in [-0.3, -0.25) is 4.57 Å². The Balaban J connectivity index is 3.11. The van der Waals surface area contributed by atoms with Gasteiger partial charge in [0.25, 0.3) is 0 Å². The second-order valence-corrected chi connectivity index (χ2v) is 5.42. The van der Waals surface area contributed by atoms with Gasteiger partial charge >= 0.3 is 7.60 Å². The molecule has 0 N–H and O–H groups in total. The summed E-state index contributed by atoms with van der Waals surface area (Å²) >= 11 is 0. The number of allylic oxidation sites excluding steroid dienone is 1. The van der Waals surface area contributed by atoms with Gasteiger partial charge in [0, 0.05) is 6.08 Å². The van der Waals surface area contributed by atoms with Crippen LogP contribution in [-0.2, 0) is 13.6 Å². The molecule has 0 fully saturated rings. The summed E-state index contributed by atoms with van der Waals surface area (Å²) in [7, 11) is -3.55. The molecule has 1 aromatic rings. The van der Waals surface area contributed by atoms with Gasteiger partial charge in [-0.15, -0.1) is 0 Å². The number of nitrogens with zero attached hydrogens (tertiary/aromatic N) is 1. The Morgan fingerprint density at radius 1 is 1.44 bits per heavy atom. The van der Waals surface area contributed by atoms with E-state index in [1.54, 1.807) is 32.9 Å². The molecule has 0 spiro atoms. The van der Waals surface area contributed by atoms with Crippen LogP contribution in [-0.4, -0.2) is 13.2 Å². The highest BCUT2D eigenvalue weighted by molar-refractivity contribution is 7.59. The van der Waals surface area contributed by atoms with Gasteiger partial charge in [0.15, 0.2) is 0 Å². The van der Waals surface area contributed by atoms with Crippen LogP contribution in [0.5, 0.6) is 0 Å². The minimum Gasteiger partial charge on any atom is -0.462 e. The summed E-state index contributed by atoms with van der Waals surface area (Å²) in [6.45, 7) is 5.57. The van der Waals surface area contributed by atoms with Gasteiger partial charge in [0.1, 0.15) is 22.9 Å². The minimum atomic E-state index is -3.55. The lowest BCUT2D eigenvalue weighted by atomic mass is 10.4. The molecule has 1 rings (SSSR count). The summed E-state index contributed by atoms with van der Waals surface area (Å²) < 4.78 is 27.9. The van der Waals surface area contributed by atoms with Crippen LogP contribution in [0.25, 0.3) is 6.08 Å². The maximum absolute atomic E-state index is 12.4. The third kappa shape index (κ3) is 3.58. The first-order valence-electron chi connectivity index (χ1n) is 5.63. The molecule has 0 aliphatic rings. The van der Waals surface area contributed by atoms with Crippen molar-refractivity contribution in [1.82, 2.24) is 0 Å². The van der Waals surface area contributed by atoms with Crippen LogP contribution < -0.4 is 0 Å². The zero-order valence-corrected chi connectivity index (χ0v) is 11.6. The quantitative estimate of drug-likeness (QED) is 0.581. The first kappa shape index (κ1) is 14.7. The van der Waals surface area contributed by atoms with E-state index in [9.17, 15) is 4.57 Å². The predicted octanol–water partition coefficient (Wildman–Crippen LogP) is 3.72. The smallest absolute Gasteiger partial charge is 0.371 e. The SMILES string of the molecule is CCOP(=O)(OCC)/C(C#N)=C\c1ccc(C)o1. The Morgan fingerprint density at radius 3 is 2.44 bits per heavy atom. The Labute approximate surface area is 107 Å². The van der Waals surface area contributed by atoms with Crippen LogP contribution in [0.2, 0.25) is 0 Å². The van der Waals surface area contributed by atoms with E-state index in [0.29, 0.717) is 11.5 Å². The average molecular weight is 269 g/mol. The number of nitriles is 1. The summed E-state index contributed by atoms with van der Waals surface area (Å²) in [6.07, 6.45) is 1.39. The van der Waals surface area contributed by atoms with Gasteiger partial charge in [-0.1, -0.05) is 0 Å². The second-order valence-electron chi connectivity index (χ2n) is 3.42. The van der Waals surface area contributed by atoms with Gasteiger partial charge < -0.3 is 13.5 Å². The van der Waals surface area contributed by atoms with Crippen LogP contribution in [0.3, 0.4) is 0 Å². The van der Waals surface area contributed by atoms with E-state index in [1.165, 1.54) is 6.08 Å².